The topological polar surface area (TPSA) is 59.3 Å². The number of carbonyl (C=O) groups is 1. The number of esters is 1. The summed E-state index contributed by atoms with van der Waals surface area (Å²) in [6, 6.07) is 18.5. The molecule has 140 valence electrons. The Hall–Kier alpha value is -2.40. The normalized spacial score (nSPS) is 11.0. The van der Waals surface area contributed by atoms with E-state index in [9.17, 15) is 10.1 Å². The van der Waals surface area contributed by atoms with Gasteiger partial charge in [0.05, 0.1) is 22.5 Å². The van der Waals surface area contributed by atoms with Gasteiger partial charge in [-0.25, -0.2) is 4.79 Å². The molecule has 0 amide bonds. The monoisotopic (exact) mass is 517 g/mol. The second-order valence-corrected chi connectivity index (χ2v) is 8.79. The largest absolute Gasteiger partial charge is 0.493 e. The van der Waals surface area contributed by atoms with Crippen LogP contribution in [0.25, 0.3) is 11.6 Å². The number of rotatable bonds is 5. The van der Waals surface area contributed by atoms with E-state index in [1.807, 2.05) is 30.3 Å². The van der Waals surface area contributed by atoms with Crippen LogP contribution in [0.4, 0.5) is 0 Å². The number of benzene rings is 2. The number of thiophene rings is 1. The zero-order chi connectivity index (χ0) is 20.1. The van der Waals surface area contributed by atoms with Crippen molar-refractivity contribution in [1.29, 1.82) is 5.26 Å². The molecule has 0 spiro atoms. The molecule has 28 heavy (non-hydrogen) atoms. The predicted molar refractivity (Wildman–Crippen MR) is 118 cm³/mol. The molecule has 0 bridgehead atoms. The first kappa shape index (κ1) is 20.3. The van der Waals surface area contributed by atoms with E-state index in [0.29, 0.717) is 21.9 Å². The summed E-state index contributed by atoms with van der Waals surface area (Å²) >= 11 is 7.99. The third-order valence-electron chi connectivity index (χ3n) is 3.75. The van der Waals surface area contributed by atoms with Gasteiger partial charge in [0, 0.05) is 4.47 Å². The highest BCUT2D eigenvalue weighted by molar-refractivity contribution is 9.13. The molecule has 3 aromatic rings. The molecule has 0 aliphatic carbocycles. The molecule has 0 radical (unpaired) electrons. The minimum Gasteiger partial charge on any atom is -0.493 e. The minimum atomic E-state index is -0.472. The Bertz CT molecular complexity index is 1070. The Kier molecular flexibility index (Phi) is 6.68. The zero-order valence-corrected chi connectivity index (χ0v) is 18.6. The van der Waals surface area contributed by atoms with Crippen LogP contribution in [0.1, 0.15) is 20.8 Å². The Morgan fingerprint density at radius 3 is 2.46 bits per heavy atom. The summed E-state index contributed by atoms with van der Waals surface area (Å²) in [5, 5.41) is 9.47. The molecule has 0 aliphatic rings. The Morgan fingerprint density at radius 2 is 1.86 bits per heavy atom. The summed E-state index contributed by atoms with van der Waals surface area (Å²) in [4.78, 5) is 12.8. The zero-order valence-electron chi connectivity index (χ0n) is 14.6. The van der Waals surface area contributed by atoms with Crippen LogP contribution < -0.4 is 9.47 Å². The maximum Gasteiger partial charge on any atom is 0.353 e. The molecule has 0 atom stereocenters. The second-order valence-electron chi connectivity index (χ2n) is 5.57. The summed E-state index contributed by atoms with van der Waals surface area (Å²) in [7, 11) is 1.50. The van der Waals surface area contributed by atoms with Gasteiger partial charge in [0.25, 0.3) is 0 Å². The average Bonchev–Trinajstić information content (AvgIpc) is 3.06. The number of carbonyl (C=O) groups excluding carboxylic acids is 1. The number of allylic oxidation sites excluding steroid dienone is 1. The molecule has 4 nitrogen and oxygen atoms in total. The highest BCUT2D eigenvalue weighted by atomic mass is 79.9. The number of nitriles is 1. The van der Waals surface area contributed by atoms with Crippen LogP contribution in [-0.2, 0) is 0 Å². The molecule has 0 saturated heterocycles. The number of halogens is 2. The molecule has 1 heterocycles. The summed E-state index contributed by atoms with van der Waals surface area (Å²) in [5.74, 6) is 0.241. The van der Waals surface area contributed by atoms with Crippen molar-refractivity contribution in [3.63, 3.8) is 0 Å². The molecule has 3 rings (SSSR count). The minimum absolute atomic E-state index is 0.309. The molecule has 0 saturated carbocycles. The van der Waals surface area contributed by atoms with Crippen molar-refractivity contribution in [3.8, 4) is 17.6 Å². The van der Waals surface area contributed by atoms with Crippen LogP contribution in [0, 0.1) is 11.3 Å². The summed E-state index contributed by atoms with van der Waals surface area (Å²) in [5.41, 5.74) is 2.12. The summed E-state index contributed by atoms with van der Waals surface area (Å²) in [6.45, 7) is 0. The molecule has 0 fully saturated rings. The van der Waals surface area contributed by atoms with Gasteiger partial charge in [-0.15, -0.1) is 11.3 Å². The van der Waals surface area contributed by atoms with E-state index in [2.05, 4.69) is 37.9 Å². The van der Waals surface area contributed by atoms with Crippen molar-refractivity contribution in [3.05, 3.63) is 78.9 Å². The van der Waals surface area contributed by atoms with Gasteiger partial charge in [-0.3, -0.25) is 0 Å². The van der Waals surface area contributed by atoms with Crippen molar-refractivity contribution in [1.82, 2.24) is 0 Å². The molecular weight excluding hydrogens is 506 g/mol. The van der Waals surface area contributed by atoms with Gasteiger partial charge in [-0.1, -0.05) is 36.4 Å². The van der Waals surface area contributed by atoms with Gasteiger partial charge < -0.3 is 9.47 Å². The lowest BCUT2D eigenvalue weighted by Gasteiger charge is -2.09. The first-order valence-electron chi connectivity index (χ1n) is 8.04. The maximum absolute atomic E-state index is 12.4. The molecule has 0 N–H and O–H groups in total. The molecule has 7 heteroatoms. The standard InChI is InChI=1S/C21H13Br2NO3S/c1-26-18-10-13(9-15(12-24)14-5-3-2-4-6-14)7-8-17(18)27-21(25)19-11-16(22)20(23)28-19/h2-11H,1H3/b15-9+. The van der Waals surface area contributed by atoms with Crippen LogP contribution in [0.3, 0.4) is 0 Å². The summed E-state index contributed by atoms with van der Waals surface area (Å²) < 4.78 is 12.5. The number of hydrogen-bond donors (Lipinski definition) is 0. The van der Waals surface area contributed by atoms with E-state index in [-0.39, 0.29) is 0 Å². The predicted octanol–water partition coefficient (Wildman–Crippen LogP) is 6.57. The Morgan fingerprint density at radius 1 is 1.11 bits per heavy atom. The molecule has 1 aromatic heterocycles. The van der Waals surface area contributed by atoms with Gasteiger partial charge in [0.15, 0.2) is 11.5 Å². The molecule has 2 aromatic carbocycles. The van der Waals surface area contributed by atoms with Crippen molar-refractivity contribution < 1.29 is 14.3 Å². The fourth-order valence-corrected chi connectivity index (χ4v) is 4.33. The number of methoxy groups -OCH3 is 1. The van der Waals surface area contributed by atoms with Crippen LogP contribution in [0.5, 0.6) is 11.5 Å². The lowest BCUT2D eigenvalue weighted by Crippen LogP contribution is -2.07. The molecular formula is C21H13Br2NO3S. The van der Waals surface area contributed by atoms with Crippen LogP contribution in [-0.4, -0.2) is 13.1 Å². The van der Waals surface area contributed by atoms with E-state index in [1.54, 1.807) is 30.3 Å². The van der Waals surface area contributed by atoms with Crippen molar-refractivity contribution >= 4 is 60.8 Å². The SMILES string of the molecule is COc1cc(/C=C(\C#N)c2ccccc2)ccc1OC(=O)c1cc(Br)c(Br)s1. The van der Waals surface area contributed by atoms with E-state index in [1.165, 1.54) is 18.4 Å². The van der Waals surface area contributed by atoms with Crippen molar-refractivity contribution in [2.75, 3.05) is 7.11 Å². The number of nitrogens with zero attached hydrogens (tertiary/aromatic N) is 1. The second kappa shape index (κ2) is 9.20. The van der Waals surface area contributed by atoms with E-state index >= 15 is 0 Å². The van der Waals surface area contributed by atoms with Crippen LogP contribution in [0.15, 0.2) is 62.9 Å². The third-order valence-corrected chi connectivity index (χ3v) is 6.99. The average molecular weight is 519 g/mol. The van der Waals surface area contributed by atoms with E-state index < -0.39 is 5.97 Å². The maximum atomic E-state index is 12.4. The summed E-state index contributed by atoms with van der Waals surface area (Å²) in [6.07, 6.45) is 1.76. The van der Waals surface area contributed by atoms with Crippen molar-refractivity contribution in [2.45, 2.75) is 0 Å². The van der Waals surface area contributed by atoms with Gasteiger partial charge in [-0.2, -0.15) is 5.26 Å². The quantitative estimate of drug-likeness (QED) is 0.166. The molecule has 0 unspecified atom stereocenters. The highest BCUT2D eigenvalue weighted by Crippen LogP contribution is 2.35. The number of ether oxygens (including phenoxy) is 2. The Labute approximate surface area is 183 Å². The number of hydrogen-bond acceptors (Lipinski definition) is 5. The first-order valence-corrected chi connectivity index (χ1v) is 10.4. The Balaban J connectivity index is 1.87. The van der Waals surface area contributed by atoms with Crippen molar-refractivity contribution in [2.24, 2.45) is 0 Å². The highest BCUT2D eigenvalue weighted by Gasteiger charge is 2.17. The van der Waals surface area contributed by atoms with E-state index in [0.717, 1.165) is 19.4 Å². The fourth-order valence-electron chi connectivity index (χ4n) is 2.42. The van der Waals surface area contributed by atoms with Gasteiger partial charge in [-0.05, 0) is 67.3 Å². The van der Waals surface area contributed by atoms with Gasteiger partial charge >= 0.3 is 5.97 Å². The van der Waals surface area contributed by atoms with E-state index in [4.69, 9.17) is 9.47 Å². The van der Waals surface area contributed by atoms with Crippen LogP contribution >= 0.6 is 43.2 Å². The van der Waals surface area contributed by atoms with Crippen LogP contribution in [0.2, 0.25) is 0 Å². The lowest BCUT2D eigenvalue weighted by atomic mass is 10.0. The smallest absolute Gasteiger partial charge is 0.353 e. The molecule has 0 aliphatic heterocycles. The lowest BCUT2D eigenvalue weighted by molar-refractivity contribution is 0.0735. The first-order chi connectivity index (χ1) is 13.5. The fraction of sp³-hybridized carbons (Fsp3) is 0.0476. The third kappa shape index (κ3) is 4.71. The van der Waals surface area contributed by atoms with Gasteiger partial charge in [0.1, 0.15) is 4.88 Å². The van der Waals surface area contributed by atoms with Gasteiger partial charge in [0.2, 0.25) is 0 Å².